The van der Waals surface area contributed by atoms with Gasteiger partial charge in [-0.3, -0.25) is 0 Å². The van der Waals surface area contributed by atoms with E-state index in [1.807, 2.05) is 0 Å². The van der Waals surface area contributed by atoms with Crippen LogP contribution in [0.3, 0.4) is 0 Å². The number of aryl methyl sites for hydroxylation is 1. The highest BCUT2D eigenvalue weighted by atomic mass is 15.1. The largest absolute Gasteiger partial charge is 0.371 e. The van der Waals surface area contributed by atoms with Gasteiger partial charge < -0.3 is 9.80 Å². The third-order valence-corrected chi connectivity index (χ3v) is 4.92. The molecule has 1 aromatic carbocycles. The van der Waals surface area contributed by atoms with Crippen LogP contribution in [0.2, 0.25) is 0 Å². The maximum Gasteiger partial charge on any atom is 0.0395 e. The molecule has 1 saturated heterocycles. The number of hydrogen-bond donors (Lipinski definition) is 0. The lowest BCUT2D eigenvalue weighted by atomic mass is 9.84. The Labute approximate surface area is 131 Å². The molecule has 1 heterocycles. The van der Waals surface area contributed by atoms with E-state index in [1.54, 1.807) is 0 Å². The molecule has 0 aliphatic carbocycles. The van der Waals surface area contributed by atoms with Crippen LogP contribution in [0.25, 0.3) is 0 Å². The van der Waals surface area contributed by atoms with E-state index in [1.165, 1.54) is 56.6 Å². The third kappa shape index (κ3) is 4.47. The Balaban J connectivity index is 2.09. The van der Waals surface area contributed by atoms with Gasteiger partial charge in [-0.15, -0.1) is 0 Å². The lowest BCUT2D eigenvalue weighted by molar-refractivity contribution is 0.227. The fourth-order valence-corrected chi connectivity index (χ4v) is 3.85. The van der Waals surface area contributed by atoms with E-state index in [0.29, 0.717) is 0 Å². The van der Waals surface area contributed by atoms with Crippen molar-refractivity contribution >= 4 is 5.69 Å². The van der Waals surface area contributed by atoms with Crippen molar-refractivity contribution in [3.05, 3.63) is 29.8 Å². The second-order valence-corrected chi connectivity index (χ2v) is 6.92. The van der Waals surface area contributed by atoms with Gasteiger partial charge in [-0.1, -0.05) is 38.0 Å². The molecule has 0 aromatic heterocycles. The molecular formula is C19H32N2. The molecule has 2 nitrogen and oxygen atoms in total. The van der Waals surface area contributed by atoms with E-state index in [9.17, 15) is 0 Å². The molecule has 2 atom stereocenters. The maximum atomic E-state index is 2.62. The van der Waals surface area contributed by atoms with Gasteiger partial charge in [0.2, 0.25) is 0 Å². The summed E-state index contributed by atoms with van der Waals surface area (Å²) in [6, 6.07) is 8.84. The molecule has 0 saturated carbocycles. The first-order valence-corrected chi connectivity index (χ1v) is 8.57. The number of benzene rings is 1. The zero-order valence-corrected chi connectivity index (χ0v) is 14.3. The fourth-order valence-electron chi connectivity index (χ4n) is 3.85. The lowest BCUT2D eigenvalue weighted by Crippen LogP contribution is -2.28. The van der Waals surface area contributed by atoms with Crippen molar-refractivity contribution in [2.75, 3.05) is 38.6 Å². The average Bonchev–Trinajstić information content (AvgIpc) is 2.63. The summed E-state index contributed by atoms with van der Waals surface area (Å²) < 4.78 is 0. The van der Waals surface area contributed by atoms with Crippen molar-refractivity contribution in [1.82, 2.24) is 4.90 Å². The van der Waals surface area contributed by atoms with Gasteiger partial charge in [-0.05, 0) is 57.3 Å². The molecule has 0 N–H and O–H groups in total. The van der Waals surface area contributed by atoms with E-state index in [4.69, 9.17) is 0 Å². The molecule has 0 radical (unpaired) electrons. The molecule has 1 aliphatic rings. The Hall–Kier alpha value is -1.02. The second kappa shape index (κ2) is 7.84. The van der Waals surface area contributed by atoms with Crippen molar-refractivity contribution in [3.8, 4) is 0 Å². The molecule has 1 aromatic rings. The highest BCUT2D eigenvalue weighted by Gasteiger charge is 2.26. The predicted octanol–water partition coefficient (Wildman–Crippen LogP) is 4.19. The van der Waals surface area contributed by atoms with E-state index >= 15 is 0 Å². The van der Waals surface area contributed by atoms with E-state index in [2.05, 4.69) is 62.0 Å². The summed E-state index contributed by atoms with van der Waals surface area (Å²) in [6.45, 7) is 8.24. The molecule has 2 rings (SSSR count). The first kappa shape index (κ1) is 16.4. The summed E-state index contributed by atoms with van der Waals surface area (Å²) in [6.07, 6.45) is 5.39. The molecule has 0 bridgehead atoms. The van der Waals surface area contributed by atoms with Gasteiger partial charge in [0.15, 0.2) is 0 Å². The van der Waals surface area contributed by atoms with Crippen LogP contribution >= 0.6 is 0 Å². The van der Waals surface area contributed by atoms with Crippen LogP contribution in [0, 0.1) is 18.8 Å². The van der Waals surface area contributed by atoms with Gasteiger partial charge in [0.1, 0.15) is 0 Å². The van der Waals surface area contributed by atoms with Crippen LogP contribution in [-0.4, -0.2) is 38.6 Å². The van der Waals surface area contributed by atoms with Gasteiger partial charge in [0, 0.05) is 25.3 Å². The fraction of sp³-hybridized carbons (Fsp3) is 0.684. The minimum atomic E-state index is 0.856. The first-order chi connectivity index (χ1) is 10.1. The third-order valence-electron chi connectivity index (χ3n) is 4.92. The second-order valence-electron chi connectivity index (χ2n) is 6.92. The van der Waals surface area contributed by atoms with E-state index in [0.717, 1.165) is 11.8 Å². The van der Waals surface area contributed by atoms with Crippen LogP contribution in [-0.2, 0) is 0 Å². The van der Waals surface area contributed by atoms with Crippen LogP contribution < -0.4 is 4.90 Å². The summed E-state index contributed by atoms with van der Waals surface area (Å²) in [5.74, 6) is 1.75. The molecule has 0 spiro atoms. The number of anilines is 1. The molecule has 2 heteroatoms. The summed E-state index contributed by atoms with van der Waals surface area (Å²) in [5, 5.41) is 0. The van der Waals surface area contributed by atoms with Crippen molar-refractivity contribution in [1.29, 1.82) is 0 Å². The summed E-state index contributed by atoms with van der Waals surface area (Å²) in [5.41, 5.74) is 2.86. The summed E-state index contributed by atoms with van der Waals surface area (Å²) in [7, 11) is 4.43. The molecule has 118 valence electrons. The Morgan fingerprint density at radius 2 is 1.76 bits per heavy atom. The van der Waals surface area contributed by atoms with E-state index in [-0.39, 0.29) is 0 Å². The van der Waals surface area contributed by atoms with Crippen LogP contribution in [0.1, 0.15) is 38.2 Å². The quantitative estimate of drug-likeness (QED) is 0.801. The smallest absolute Gasteiger partial charge is 0.0395 e. The van der Waals surface area contributed by atoms with Gasteiger partial charge in [0.25, 0.3) is 0 Å². The summed E-state index contributed by atoms with van der Waals surface area (Å²) >= 11 is 0. The van der Waals surface area contributed by atoms with Gasteiger partial charge in [-0.2, -0.15) is 0 Å². The average molecular weight is 288 g/mol. The van der Waals surface area contributed by atoms with Gasteiger partial charge >= 0.3 is 0 Å². The standard InChI is InChI=1S/C19H32N2/c1-5-8-17-11-13-21(14-12-18(17)15-20(3)4)19-10-7-6-9-16(19)2/h6-7,9-10,17-18H,5,8,11-15H2,1-4H3. The molecule has 1 aliphatic heterocycles. The number of para-hydroxylation sites is 1. The Bertz CT molecular complexity index is 427. The number of rotatable bonds is 5. The first-order valence-electron chi connectivity index (χ1n) is 8.57. The van der Waals surface area contributed by atoms with Crippen LogP contribution in [0.4, 0.5) is 5.69 Å². The summed E-state index contributed by atoms with van der Waals surface area (Å²) in [4.78, 5) is 4.99. The van der Waals surface area contributed by atoms with Crippen LogP contribution in [0.5, 0.6) is 0 Å². The zero-order valence-electron chi connectivity index (χ0n) is 14.3. The Morgan fingerprint density at radius 3 is 2.38 bits per heavy atom. The molecule has 1 fully saturated rings. The monoisotopic (exact) mass is 288 g/mol. The van der Waals surface area contributed by atoms with Crippen LogP contribution in [0.15, 0.2) is 24.3 Å². The number of nitrogens with zero attached hydrogens (tertiary/aromatic N) is 2. The SMILES string of the molecule is CCCC1CCN(c2ccccc2C)CCC1CN(C)C. The van der Waals surface area contributed by atoms with Crippen molar-refractivity contribution in [2.24, 2.45) is 11.8 Å². The number of hydrogen-bond acceptors (Lipinski definition) is 2. The van der Waals surface area contributed by atoms with Gasteiger partial charge in [-0.25, -0.2) is 0 Å². The lowest BCUT2D eigenvalue weighted by Gasteiger charge is -2.27. The topological polar surface area (TPSA) is 6.48 Å². The highest BCUT2D eigenvalue weighted by molar-refractivity contribution is 5.53. The van der Waals surface area contributed by atoms with Crippen molar-refractivity contribution in [3.63, 3.8) is 0 Å². The predicted molar refractivity (Wildman–Crippen MR) is 93.1 cm³/mol. The normalized spacial score (nSPS) is 23.4. The molecular weight excluding hydrogens is 256 g/mol. The molecule has 21 heavy (non-hydrogen) atoms. The zero-order chi connectivity index (χ0) is 15.2. The molecule has 0 amide bonds. The minimum absolute atomic E-state index is 0.856. The molecule has 2 unspecified atom stereocenters. The van der Waals surface area contributed by atoms with E-state index < -0.39 is 0 Å². The highest BCUT2D eigenvalue weighted by Crippen LogP contribution is 2.31. The van der Waals surface area contributed by atoms with Crippen molar-refractivity contribution in [2.45, 2.75) is 39.5 Å². The minimum Gasteiger partial charge on any atom is -0.371 e. The Morgan fingerprint density at radius 1 is 1.10 bits per heavy atom. The Kier molecular flexibility index (Phi) is 6.10. The van der Waals surface area contributed by atoms with Gasteiger partial charge in [0.05, 0.1) is 0 Å². The maximum absolute atomic E-state index is 2.62. The van der Waals surface area contributed by atoms with Crippen molar-refractivity contribution < 1.29 is 0 Å².